The number of carbonyl (C=O) groups excluding carboxylic acids is 1. The third kappa shape index (κ3) is 3.39. The van der Waals surface area contributed by atoms with E-state index in [4.69, 9.17) is 0 Å². The van der Waals surface area contributed by atoms with Crippen LogP contribution in [0, 0.1) is 0 Å². The summed E-state index contributed by atoms with van der Waals surface area (Å²) < 4.78 is 2.03. The highest BCUT2D eigenvalue weighted by Gasteiger charge is 2.17. The molecule has 1 aromatic carbocycles. The lowest BCUT2D eigenvalue weighted by molar-refractivity contribution is -0.121. The molecule has 1 aromatic heterocycles. The smallest absolute Gasteiger partial charge is 0.221 e. The number of para-hydroxylation sites is 2. The molecule has 1 aliphatic heterocycles. The molecule has 1 fully saturated rings. The first-order valence-electron chi connectivity index (χ1n) is 7.22. The Morgan fingerprint density at radius 2 is 2.38 bits per heavy atom. The Bertz CT molecular complexity index is 634. The Balaban J connectivity index is 1.58. The van der Waals surface area contributed by atoms with Gasteiger partial charge in [0.05, 0.1) is 17.6 Å². The van der Waals surface area contributed by atoms with Crippen molar-refractivity contribution in [2.45, 2.75) is 19.0 Å². The van der Waals surface area contributed by atoms with Gasteiger partial charge in [-0.2, -0.15) is 11.8 Å². The van der Waals surface area contributed by atoms with Gasteiger partial charge < -0.3 is 15.2 Å². The Hall–Kier alpha value is -1.53. The van der Waals surface area contributed by atoms with Crippen molar-refractivity contribution in [3.8, 4) is 0 Å². The van der Waals surface area contributed by atoms with Crippen molar-refractivity contribution in [1.29, 1.82) is 0 Å². The number of fused-ring (bicyclic) bond motifs is 1. The fourth-order valence-electron chi connectivity index (χ4n) is 2.58. The number of nitrogens with zero attached hydrogens (tertiary/aromatic N) is 2. The topological polar surface area (TPSA) is 59.0 Å². The van der Waals surface area contributed by atoms with Crippen LogP contribution in [0.25, 0.3) is 11.0 Å². The molecule has 21 heavy (non-hydrogen) atoms. The van der Waals surface area contributed by atoms with Crippen LogP contribution in [0.2, 0.25) is 0 Å². The van der Waals surface area contributed by atoms with Crippen molar-refractivity contribution in [1.82, 2.24) is 20.2 Å². The summed E-state index contributed by atoms with van der Waals surface area (Å²) in [7, 11) is 1.98. The molecule has 0 bridgehead atoms. The number of amides is 1. The van der Waals surface area contributed by atoms with Gasteiger partial charge in [-0.15, -0.1) is 0 Å². The first-order chi connectivity index (χ1) is 10.2. The number of aryl methyl sites for hydroxylation is 1. The molecule has 1 amide bonds. The minimum atomic E-state index is 0.0852. The summed E-state index contributed by atoms with van der Waals surface area (Å²) in [6.45, 7) is 1.47. The molecule has 1 atom stereocenters. The molecule has 5 nitrogen and oxygen atoms in total. The average molecular weight is 304 g/mol. The summed E-state index contributed by atoms with van der Waals surface area (Å²) in [5.41, 5.74) is 2.06. The number of thioether (sulfide) groups is 1. The van der Waals surface area contributed by atoms with Gasteiger partial charge >= 0.3 is 0 Å². The maximum Gasteiger partial charge on any atom is 0.221 e. The van der Waals surface area contributed by atoms with Crippen LogP contribution in [0.4, 0.5) is 0 Å². The van der Waals surface area contributed by atoms with Crippen molar-refractivity contribution < 1.29 is 4.79 Å². The molecule has 1 unspecified atom stereocenters. The normalized spacial score (nSPS) is 18.8. The number of rotatable bonds is 4. The van der Waals surface area contributed by atoms with Gasteiger partial charge in [0.15, 0.2) is 0 Å². The molecule has 1 aliphatic rings. The summed E-state index contributed by atoms with van der Waals surface area (Å²) in [5.74, 6) is 3.12. The minimum Gasteiger partial charge on any atom is -0.349 e. The van der Waals surface area contributed by atoms with E-state index in [1.807, 2.05) is 47.6 Å². The van der Waals surface area contributed by atoms with Crippen molar-refractivity contribution in [3.63, 3.8) is 0 Å². The van der Waals surface area contributed by atoms with Gasteiger partial charge in [-0.05, 0) is 12.1 Å². The number of benzene rings is 1. The van der Waals surface area contributed by atoms with Crippen LogP contribution >= 0.6 is 11.8 Å². The lowest BCUT2D eigenvalue weighted by Gasteiger charge is -2.22. The third-order valence-electron chi connectivity index (χ3n) is 3.75. The van der Waals surface area contributed by atoms with E-state index in [0.717, 1.165) is 34.9 Å². The van der Waals surface area contributed by atoms with Crippen molar-refractivity contribution >= 4 is 28.7 Å². The molecule has 0 saturated carbocycles. The van der Waals surface area contributed by atoms with Gasteiger partial charge in [0.1, 0.15) is 5.82 Å². The van der Waals surface area contributed by atoms with Crippen LogP contribution in [0.5, 0.6) is 0 Å². The van der Waals surface area contributed by atoms with E-state index in [2.05, 4.69) is 15.6 Å². The van der Waals surface area contributed by atoms with E-state index in [-0.39, 0.29) is 5.91 Å². The van der Waals surface area contributed by atoms with Crippen molar-refractivity contribution in [2.24, 2.45) is 7.05 Å². The molecule has 2 aromatic rings. The first kappa shape index (κ1) is 14.4. The fraction of sp³-hybridized carbons (Fsp3) is 0.467. The summed E-state index contributed by atoms with van der Waals surface area (Å²) in [6.07, 6.45) is 0.539. The Morgan fingerprint density at radius 1 is 1.52 bits per heavy atom. The zero-order valence-electron chi connectivity index (χ0n) is 12.1. The average Bonchev–Trinajstić information content (AvgIpc) is 2.83. The van der Waals surface area contributed by atoms with E-state index in [0.29, 0.717) is 19.0 Å². The van der Waals surface area contributed by atoms with Crippen molar-refractivity contribution in [2.75, 3.05) is 18.1 Å². The number of imidazole rings is 1. The van der Waals surface area contributed by atoms with E-state index in [1.54, 1.807) is 0 Å². The minimum absolute atomic E-state index is 0.0852. The summed E-state index contributed by atoms with van der Waals surface area (Å²) in [4.78, 5) is 16.6. The second kappa shape index (κ2) is 6.49. The molecule has 2 heterocycles. The lowest BCUT2D eigenvalue weighted by atomic mass is 10.2. The first-order valence-corrected chi connectivity index (χ1v) is 8.37. The van der Waals surface area contributed by atoms with E-state index < -0.39 is 0 Å². The molecule has 0 aliphatic carbocycles. The van der Waals surface area contributed by atoms with Crippen LogP contribution in [-0.2, 0) is 18.4 Å². The number of aromatic nitrogens is 2. The monoisotopic (exact) mass is 304 g/mol. The molecule has 112 valence electrons. The van der Waals surface area contributed by atoms with Gasteiger partial charge in [0.2, 0.25) is 5.91 Å². The van der Waals surface area contributed by atoms with E-state index in [9.17, 15) is 4.79 Å². The molecule has 1 saturated heterocycles. The Kier molecular flexibility index (Phi) is 4.45. The predicted octanol–water partition coefficient (Wildman–Crippen LogP) is 1.28. The number of hydrogen-bond acceptors (Lipinski definition) is 4. The third-order valence-corrected chi connectivity index (χ3v) is 4.88. The standard InChI is InChI=1S/C15H20N4OS/c1-19-13-5-3-2-4-12(13)18-14(19)9-17-15(20)8-11-10-21-7-6-16-11/h2-5,11,16H,6-10H2,1H3,(H,17,20). The fourth-order valence-corrected chi connectivity index (χ4v) is 3.53. The van der Waals surface area contributed by atoms with E-state index in [1.165, 1.54) is 0 Å². The lowest BCUT2D eigenvalue weighted by Crippen LogP contribution is -2.41. The predicted molar refractivity (Wildman–Crippen MR) is 86.3 cm³/mol. The van der Waals surface area contributed by atoms with Gasteiger partial charge in [0, 0.05) is 37.6 Å². The second-order valence-corrected chi connectivity index (χ2v) is 6.43. The van der Waals surface area contributed by atoms with Crippen LogP contribution < -0.4 is 10.6 Å². The summed E-state index contributed by atoms with van der Waals surface area (Å²) >= 11 is 1.91. The van der Waals surface area contributed by atoms with E-state index >= 15 is 0 Å². The second-order valence-electron chi connectivity index (χ2n) is 5.28. The molecule has 0 spiro atoms. The van der Waals surface area contributed by atoms with Gasteiger partial charge in [-0.25, -0.2) is 4.98 Å². The SMILES string of the molecule is Cn1c(CNC(=O)CC2CSCCN2)nc2ccccc21. The van der Waals surface area contributed by atoms with Crippen LogP contribution in [0.1, 0.15) is 12.2 Å². The number of hydrogen-bond donors (Lipinski definition) is 2. The summed E-state index contributed by atoms with van der Waals surface area (Å²) in [5, 5.41) is 6.36. The van der Waals surface area contributed by atoms with Crippen LogP contribution in [0.15, 0.2) is 24.3 Å². The largest absolute Gasteiger partial charge is 0.349 e. The molecular formula is C15H20N4OS. The number of nitrogens with one attached hydrogen (secondary N) is 2. The highest BCUT2D eigenvalue weighted by Crippen LogP contribution is 2.14. The van der Waals surface area contributed by atoms with Crippen LogP contribution in [-0.4, -0.2) is 39.6 Å². The molecule has 2 N–H and O–H groups in total. The maximum absolute atomic E-state index is 12.0. The molecule has 3 rings (SSSR count). The quantitative estimate of drug-likeness (QED) is 0.893. The molecule has 0 radical (unpaired) electrons. The van der Waals surface area contributed by atoms with Gasteiger partial charge in [0.25, 0.3) is 0 Å². The zero-order valence-corrected chi connectivity index (χ0v) is 12.9. The Labute approximate surface area is 128 Å². The zero-order chi connectivity index (χ0) is 14.7. The van der Waals surface area contributed by atoms with Gasteiger partial charge in [-0.3, -0.25) is 4.79 Å². The Morgan fingerprint density at radius 3 is 3.14 bits per heavy atom. The van der Waals surface area contributed by atoms with Gasteiger partial charge in [-0.1, -0.05) is 12.1 Å². The molecular weight excluding hydrogens is 284 g/mol. The van der Waals surface area contributed by atoms with Crippen LogP contribution in [0.3, 0.4) is 0 Å². The van der Waals surface area contributed by atoms with Crippen molar-refractivity contribution in [3.05, 3.63) is 30.1 Å². The highest BCUT2D eigenvalue weighted by atomic mass is 32.2. The number of carbonyl (C=O) groups is 1. The maximum atomic E-state index is 12.0. The highest BCUT2D eigenvalue weighted by molar-refractivity contribution is 7.99. The summed E-state index contributed by atoms with van der Waals surface area (Å²) in [6, 6.07) is 8.30. The molecule has 6 heteroatoms.